The van der Waals surface area contributed by atoms with E-state index in [0.717, 1.165) is 11.1 Å². The van der Waals surface area contributed by atoms with Gasteiger partial charge in [0, 0.05) is 5.56 Å². The van der Waals surface area contributed by atoms with Gasteiger partial charge in [0.2, 0.25) is 5.43 Å². The van der Waals surface area contributed by atoms with Crippen LogP contribution in [0.2, 0.25) is 0 Å². The summed E-state index contributed by atoms with van der Waals surface area (Å²) in [5.74, 6) is -0.312. The van der Waals surface area contributed by atoms with Crippen molar-refractivity contribution >= 4 is 16.8 Å². The summed E-state index contributed by atoms with van der Waals surface area (Å²) < 4.78 is 5.48. The summed E-state index contributed by atoms with van der Waals surface area (Å²) in [6.45, 7) is 8.25. The number of fused-ring (bicyclic) bond motifs is 1. The molecule has 1 heterocycles. The Hall–Kier alpha value is -2.68. The quantitative estimate of drug-likeness (QED) is 0.647. The Morgan fingerprint density at radius 1 is 1.00 bits per heavy atom. The molecule has 0 amide bonds. The van der Waals surface area contributed by atoms with Crippen molar-refractivity contribution in [1.82, 2.24) is 0 Å². The normalized spacial score (nSPS) is 11.7. The van der Waals surface area contributed by atoms with E-state index in [2.05, 4.69) is 20.8 Å². The average Bonchev–Trinajstić information content (AvgIpc) is 2.54. The van der Waals surface area contributed by atoms with Gasteiger partial charge in [-0.15, -0.1) is 0 Å². The van der Waals surface area contributed by atoms with Crippen LogP contribution >= 0.6 is 0 Å². The fourth-order valence-corrected chi connectivity index (χ4v) is 2.68. The van der Waals surface area contributed by atoms with Crippen molar-refractivity contribution < 1.29 is 9.21 Å². The van der Waals surface area contributed by atoms with Gasteiger partial charge in [0.15, 0.2) is 5.78 Å². The molecule has 0 spiro atoms. The molecule has 2 aromatic carbocycles. The summed E-state index contributed by atoms with van der Waals surface area (Å²) in [6, 6.07) is 12.8. The zero-order valence-corrected chi connectivity index (χ0v) is 14.3. The van der Waals surface area contributed by atoms with Gasteiger partial charge in [-0.05, 0) is 30.0 Å². The molecule has 0 aliphatic heterocycles. The highest BCUT2D eigenvalue weighted by molar-refractivity contribution is 6.09. The molecule has 0 saturated heterocycles. The van der Waals surface area contributed by atoms with Gasteiger partial charge in [-0.1, -0.05) is 56.7 Å². The Kier molecular flexibility index (Phi) is 3.88. The first kappa shape index (κ1) is 16.2. The van der Waals surface area contributed by atoms with Crippen molar-refractivity contribution in [2.45, 2.75) is 33.1 Å². The second-order valence-corrected chi connectivity index (χ2v) is 7.13. The lowest BCUT2D eigenvalue weighted by molar-refractivity contribution is 0.103. The second-order valence-electron chi connectivity index (χ2n) is 7.13. The number of aryl methyl sites for hydroxylation is 1. The van der Waals surface area contributed by atoms with Crippen LogP contribution in [0.4, 0.5) is 0 Å². The average molecular weight is 320 g/mol. The van der Waals surface area contributed by atoms with Crippen LogP contribution in [0.5, 0.6) is 0 Å². The molecular formula is C21H20O3. The summed E-state index contributed by atoms with van der Waals surface area (Å²) >= 11 is 0. The van der Waals surface area contributed by atoms with Crippen LogP contribution in [-0.2, 0) is 5.41 Å². The number of carbonyl (C=O) groups is 1. The fraction of sp³-hybridized carbons (Fsp3) is 0.238. The lowest BCUT2D eigenvalue weighted by Crippen LogP contribution is -2.16. The number of hydrogen-bond acceptors (Lipinski definition) is 3. The largest absolute Gasteiger partial charge is 0.463 e. The maximum Gasteiger partial charge on any atom is 0.203 e. The predicted octanol–water partition coefficient (Wildman–Crippen LogP) is 4.63. The van der Waals surface area contributed by atoms with Crippen molar-refractivity contribution in [3.63, 3.8) is 0 Å². The first-order valence-electron chi connectivity index (χ1n) is 7.95. The highest BCUT2D eigenvalue weighted by atomic mass is 16.3. The van der Waals surface area contributed by atoms with Crippen molar-refractivity contribution in [3.05, 3.63) is 81.2 Å². The Bertz CT molecular complexity index is 971. The number of carbonyl (C=O) groups excluding carboxylic acids is 1. The number of hydrogen-bond donors (Lipinski definition) is 0. The molecule has 1 aromatic heterocycles. The Morgan fingerprint density at radius 3 is 2.29 bits per heavy atom. The van der Waals surface area contributed by atoms with E-state index < -0.39 is 0 Å². The molecule has 24 heavy (non-hydrogen) atoms. The lowest BCUT2D eigenvalue weighted by atomic mass is 9.86. The molecule has 3 heteroatoms. The highest BCUT2D eigenvalue weighted by Crippen LogP contribution is 2.23. The third-order valence-corrected chi connectivity index (χ3v) is 4.19. The van der Waals surface area contributed by atoms with Crippen LogP contribution in [-0.4, -0.2) is 5.78 Å². The maximum absolute atomic E-state index is 12.7. The van der Waals surface area contributed by atoms with Crippen molar-refractivity contribution in [1.29, 1.82) is 0 Å². The van der Waals surface area contributed by atoms with E-state index in [-0.39, 0.29) is 22.2 Å². The summed E-state index contributed by atoms with van der Waals surface area (Å²) in [5.41, 5.74) is 2.87. The van der Waals surface area contributed by atoms with E-state index >= 15 is 0 Å². The van der Waals surface area contributed by atoms with Gasteiger partial charge in [0.1, 0.15) is 17.4 Å². The number of benzene rings is 2. The molecule has 0 saturated carbocycles. The van der Waals surface area contributed by atoms with Crippen LogP contribution in [0.1, 0.15) is 47.8 Å². The van der Waals surface area contributed by atoms with E-state index in [1.54, 1.807) is 24.3 Å². The molecule has 3 nitrogen and oxygen atoms in total. The molecule has 0 radical (unpaired) electrons. The van der Waals surface area contributed by atoms with E-state index in [1.807, 2.05) is 25.1 Å². The Balaban J connectivity index is 2.06. The monoisotopic (exact) mass is 320 g/mol. The summed E-state index contributed by atoms with van der Waals surface area (Å²) in [6.07, 6.45) is 1.26. The van der Waals surface area contributed by atoms with Gasteiger partial charge in [-0.2, -0.15) is 0 Å². The van der Waals surface area contributed by atoms with Gasteiger partial charge in [-0.25, -0.2) is 0 Å². The van der Waals surface area contributed by atoms with Crippen LogP contribution in [0, 0.1) is 6.92 Å². The third kappa shape index (κ3) is 2.90. The molecule has 0 aliphatic carbocycles. The summed E-state index contributed by atoms with van der Waals surface area (Å²) in [4.78, 5) is 25.3. The Labute approximate surface area is 140 Å². The zero-order valence-electron chi connectivity index (χ0n) is 14.3. The summed E-state index contributed by atoms with van der Waals surface area (Å²) in [5, 5.41) is 0.437. The fourth-order valence-electron chi connectivity index (χ4n) is 2.68. The molecule has 122 valence electrons. The van der Waals surface area contributed by atoms with E-state index in [0.29, 0.717) is 16.5 Å². The molecule has 3 rings (SSSR count). The summed E-state index contributed by atoms with van der Waals surface area (Å²) in [7, 11) is 0. The Morgan fingerprint density at radius 2 is 1.67 bits per heavy atom. The van der Waals surface area contributed by atoms with Crippen LogP contribution in [0.3, 0.4) is 0 Å². The van der Waals surface area contributed by atoms with Gasteiger partial charge >= 0.3 is 0 Å². The lowest BCUT2D eigenvalue weighted by Gasteiger charge is -2.18. The SMILES string of the molecule is Cc1ccc2occ(C(=O)c3ccc(C(C)(C)C)cc3)c(=O)c2c1. The standard InChI is InChI=1S/C21H20O3/c1-13-5-10-18-16(11-13)20(23)17(12-24-18)19(22)14-6-8-15(9-7-14)21(2,3)4/h5-12H,1-4H3. The molecule has 0 N–H and O–H groups in total. The van der Waals surface area contributed by atoms with Gasteiger partial charge in [0.25, 0.3) is 0 Å². The first-order chi connectivity index (χ1) is 11.3. The minimum atomic E-state index is -0.312. The van der Waals surface area contributed by atoms with Crippen LogP contribution in [0.25, 0.3) is 11.0 Å². The van der Waals surface area contributed by atoms with E-state index in [9.17, 15) is 9.59 Å². The van der Waals surface area contributed by atoms with Crippen LogP contribution in [0.15, 0.2) is 57.9 Å². The molecular weight excluding hydrogens is 300 g/mol. The molecule has 0 fully saturated rings. The van der Waals surface area contributed by atoms with Gasteiger partial charge in [-0.3, -0.25) is 9.59 Å². The molecule has 3 aromatic rings. The second kappa shape index (κ2) is 5.75. The van der Waals surface area contributed by atoms with Gasteiger partial charge < -0.3 is 4.42 Å². The number of ketones is 1. The van der Waals surface area contributed by atoms with E-state index in [4.69, 9.17) is 4.42 Å². The maximum atomic E-state index is 12.7. The van der Waals surface area contributed by atoms with E-state index in [1.165, 1.54) is 6.26 Å². The molecule has 0 bridgehead atoms. The van der Waals surface area contributed by atoms with Crippen molar-refractivity contribution in [3.8, 4) is 0 Å². The smallest absolute Gasteiger partial charge is 0.203 e. The third-order valence-electron chi connectivity index (χ3n) is 4.19. The first-order valence-corrected chi connectivity index (χ1v) is 7.95. The van der Waals surface area contributed by atoms with Crippen molar-refractivity contribution in [2.75, 3.05) is 0 Å². The minimum Gasteiger partial charge on any atom is -0.463 e. The predicted molar refractivity (Wildman–Crippen MR) is 95.8 cm³/mol. The number of rotatable bonds is 2. The topological polar surface area (TPSA) is 47.3 Å². The van der Waals surface area contributed by atoms with Crippen molar-refractivity contribution in [2.24, 2.45) is 0 Å². The van der Waals surface area contributed by atoms with Crippen LogP contribution < -0.4 is 5.43 Å². The molecule has 0 unspecified atom stereocenters. The minimum absolute atomic E-state index is 0.0150. The zero-order chi connectivity index (χ0) is 17.5. The molecule has 0 atom stereocenters. The van der Waals surface area contributed by atoms with Gasteiger partial charge in [0.05, 0.1) is 5.39 Å². The highest BCUT2D eigenvalue weighted by Gasteiger charge is 2.18. The molecule has 0 aliphatic rings.